The van der Waals surface area contributed by atoms with Crippen molar-refractivity contribution < 1.29 is 4.74 Å². The molecule has 0 saturated heterocycles. The number of rotatable bonds is 5. The molecule has 0 aromatic heterocycles. The number of hydrogen-bond donors (Lipinski definition) is 1. The quantitative estimate of drug-likeness (QED) is 0.888. The van der Waals surface area contributed by atoms with Gasteiger partial charge in [0.1, 0.15) is 5.75 Å². The summed E-state index contributed by atoms with van der Waals surface area (Å²) >= 11 is 0. The van der Waals surface area contributed by atoms with Crippen LogP contribution in [0.2, 0.25) is 0 Å². The minimum absolute atomic E-state index is 0.629. The van der Waals surface area contributed by atoms with Gasteiger partial charge >= 0.3 is 0 Å². The second kappa shape index (κ2) is 4.77. The molecule has 3 aliphatic rings. The summed E-state index contributed by atoms with van der Waals surface area (Å²) in [6, 6.07) is 9.12. The molecule has 0 aliphatic heterocycles. The number of hydrogen-bond acceptors (Lipinski definition) is 2. The van der Waals surface area contributed by atoms with Crippen molar-refractivity contribution in [1.82, 2.24) is 5.32 Å². The Morgan fingerprint density at radius 3 is 2.55 bits per heavy atom. The summed E-state index contributed by atoms with van der Waals surface area (Å²) < 4.78 is 5.51. The average molecular weight is 271 g/mol. The Morgan fingerprint density at radius 2 is 1.90 bits per heavy atom. The summed E-state index contributed by atoms with van der Waals surface area (Å²) in [6.45, 7) is 0. The zero-order valence-corrected chi connectivity index (χ0v) is 12.5. The van der Waals surface area contributed by atoms with Gasteiger partial charge in [0.25, 0.3) is 0 Å². The second-order valence-electron chi connectivity index (χ2n) is 6.98. The SMILES string of the molecule is CNC(Cc1ccccc1OC)C1C2C3CCC(C3)C21. The summed E-state index contributed by atoms with van der Waals surface area (Å²) in [7, 11) is 3.91. The first-order chi connectivity index (χ1) is 9.83. The lowest BCUT2D eigenvalue weighted by Gasteiger charge is -2.21. The van der Waals surface area contributed by atoms with Gasteiger partial charge in [0.05, 0.1) is 7.11 Å². The molecular weight excluding hydrogens is 246 g/mol. The van der Waals surface area contributed by atoms with Gasteiger partial charge in [-0.2, -0.15) is 0 Å². The normalized spacial score (nSPS) is 38.6. The van der Waals surface area contributed by atoms with E-state index in [9.17, 15) is 0 Å². The van der Waals surface area contributed by atoms with Crippen LogP contribution >= 0.6 is 0 Å². The van der Waals surface area contributed by atoms with Gasteiger partial charge in [-0.3, -0.25) is 0 Å². The third-order valence-electron chi connectivity index (χ3n) is 6.26. The van der Waals surface area contributed by atoms with Gasteiger partial charge in [-0.15, -0.1) is 0 Å². The maximum absolute atomic E-state index is 5.51. The molecule has 3 saturated carbocycles. The highest BCUT2D eigenvalue weighted by Crippen LogP contribution is 2.70. The van der Waals surface area contributed by atoms with Crippen molar-refractivity contribution in [3.8, 4) is 5.75 Å². The van der Waals surface area contributed by atoms with E-state index in [0.717, 1.165) is 41.8 Å². The first-order valence-corrected chi connectivity index (χ1v) is 8.12. The van der Waals surface area contributed by atoms with E-state index in [1.165, 1.54) is 24.8 Å². The van der Waals surface area contributed by atoms with Crippen molar-refractivity contribution in [3.63, 3.8) is 0 Å². The fraction of sp³-hybridized carbons (Fsp3) is 0.667. The van der Waals surface area contributed by atoms with Crippen LogP contribution in [0.15, 0.2) is 24.3 Å². The minimum atomic E-state index is 0.629. The van der Waals surface area contributed by atoms with Crippen LogP contribution in [0, 0.1) is 29.6 Å². The van der Waals surface area contributed by atoms with E-state index in [1.54, 1.807) is 7.11 Å². The number of fused-ring (bicyclic) bond motifs is 5. The highest BCUT2D eigenvalue weighted by atomic mass is 16.5. The van der Waals surface area contributed by atoms with E-state index in [-0.39, 0.29) is 0 Å². The molecule has 0 spiro atoms. The fourth-order valence-corrected chi connectivity index (χ4v) is 5.47. The third-order valence-corrected chi connectivity index (χ3v) is 6.26. The molecule has 1 N–H and O–H groups in total. The predicted octanol–water partition coefficient (Wildman–Crippen LogP) is 3.12. The summed E-state index contributed by atoms with van der Waals surface area (Å²) in [6.07, 6.45) is 5.66. The van der Waals surface area contributed by atoms with Crippen LogP contribution in [0.25, 0.3) is 0 Å². The molecule has 1 aromatic rings. The van der Waals surface area contributed by atoms with Gasteiger partial charge in [0, 0.05) is 6.04 Å². The molecule has 108 valence electrons. The van der Waals surface area contributed by atoms with Crippen LogP contribution in [-0.4, -0.2) is 20.2 Å². The lowest BCUT2D eigenvalue weighted by Crippen LogP contribution is -2.32. The largest absolute Gasteiger partial charge is 0.496 e. The van der Waals surface area contributed by atoms with E-state index in [4.69, 9.17) is 4.74 Å². The van der Waals surface area contributed by atoms with E-state index in [2.05, 4.69) is 36.6 Å². The number of benzene rings is 1. The molecule has 5 atom stereocenters. The highest BCUT2D eigenvalue weighted by Gasteiger charge is 2.66. The minimum Gasteiger partial charge on any atom is -0.496 e. The van der Waals surface area contributed by atoms with Crippen molar-refractivity contribution in [1.29, 1.82) is 0 Å². The Balaban J connectivity index is 1.50. The molecule has 2 nitrogen and oxygen atoms in total. The Labute approximate surface area is 121 Å². The molecule has 0 radical (unpaired) electrons. The van der Waals surface area contributed by atoms with Gasteiger partial charge < -0.3 is 10.1 Å². The first kappa shape index (κ1) is 12.7. The lowest BCUT2D eigenvalue weighted by atomic mass is 9.93. The molecule has 20 heavy (non-hydrogen) atoms. The number of likely N-dealkylation sites (N-methyl/N-ethyl adjacent to an activating group) is 1. The van der Waals surface area contributed by atoms with Gasteiger partial charge in [-0.1, -0.05) is 18.2 Å². The molecule has 2 bridgehead atoms. The topological polar surface area (TPSA) is 21.3 Å². The van der Waals surface area contributed by atoms with Crippen molar-refractivity contribution in [2.75, 3.05) is 14.2 Å². The number of para-hydroxylation sites is 1. The summed E-state index contributed by atoms with van der Waals surface area (Å²) in [5.41, 5.74) is 1.35. The lowest BCUT2D eigenvalue weighted by molar-refractivity contribution is 0.367. The van der Waals surface area contributed by atoms with Crippen LogP contribution in [0.5, 0.6) is 5.75 Å². The van der Waals surface area contributed by atoms with E-state index < -0.39 is 0 Å². The summed E-state index contributed by atoms with van der Waals surface area (Å²) in [5.74, 6) is 6.17. The average Bonchev–Trinajstić information content (AvgIpc) is 2.91. The Morgan fingerprint density at radius 1 is 1.20 bits per heavy atom. The van der Waals surface area contributed by atoms with Crippen LogP contribution < -0.4 is 10.1 Å². The van der Waals surface area contributed by atoms with Crippen molar-refractivity contribution in [2.24, 2.45) is 29.6 Å². The highest BCUT2D eigenvalue weighted by molar-refractivity contribution is 5.34. The van der Waals surface area contributed by atoms with Crippen LogP contribution in [0.4, 0.5) is 0 Å². The number of ether oxygens (including phenoxy) is 1. The molecule has 0 heterocycles. The molecule has 2 heteroatoms. The molecule has 5 unspecified atom stereocenters. The van der Waals surface area contributed by atoms with Gasteiger partial charge in [-0.25, -0.2) is 0 Å². The van der Waals surface area contributed by atoms with E-state index in [0.29, 0.717) is 6.04 Å². The van der Waals surface area contributed by atoms with Gasteiger partial charge in [0.2, 0.25) is 0 Å². The van der Waals surface area contributed by atoms with Crippen LogP contribution in [0.3, 0.4) is 0 Å². The Hall–Kier alpha value is -1.02. The van der Waals surface area contributed by atoms with Crippen molar-refractivity contribution in [3.05, 3.63) is 29.8 Å². The Bertz CT molecular complexity index is 484. The zero-order valence-electron chi connectivity index (χ0n) is 12.5. The molecule has 3 fully saturated rings. The van der Waals surface area contributed by atoms with Crippen LogP contribution in [-0.2, 0) is 6.42 Å². The third kappa shape index (κ3) is 1.81. The number of methoxy groups -OCH3 is 1. The molecule has 3 aliphatic carbocycles. The number of nitrogens with one attached hydrogen (secondary N) is 1. The van der Waals surface area contributed by atoms with E-state index in [1.807, 2.05) is 0 Å². The van der Waals surface area contributed by atoms with Crippen LogP contribution in [0.1, 0.15) is 24.8 Å². The van der Waals surface area contributed by atoms with Gasteiger partial charge in [0.15, 0.2) is 0 Å². The molecular formula is C18H25NO. The predicted molar refractivity (Wildman–Crippen MR) is 80.8 cm³/mol. The molecule has 0 amide bonds. The molecule has 4 rings (SSSR count). The zero-order chi connectivity index (χ0) is 13.7. The van der Waals surface area contributed by atoms with Crippen molar-refractivity contribution >= 4 is 0 Å². The molecule has 1 aromatic carbocycles. The van der Waals surface area contributed by atoms with E-state index >= 15 is 0 Å². The smallest absolute Gasteiger partial charge is 0.122 e. The maximum atomic E-state index is 5.51. The maximum Gasteiger partial charge on any atom is 0.122 e. The standard InChI is InChI=1S/C18H25NO/c1-19-14(10-11-5-3-4-6-15(11)20-2)18-16-12-7-8-13(9-12)17(16)18/h3-6,12-14,16-19H,7-10H2,1-2H3. The van der Waals surface area contributed by atoms with Gasteiger partial charge in [-0.05, 0) is 74.0 Å². The second-order valence-corrected chi connectivity index (χ2v) is 6.98. The Kier molecular flexibility index (Phi) is 3.03. The monoisotopic (exact) mass is 271 g/mol. The first-order valence-electron chi connectivity index (χ1n) is 8.12. The summed E-state index contributed by atoms with van der Waals surface area (Å²) in [4.78, 5) is 0. The summed E-state index contributed by atoms with van der Waals surface area (Å²) in [5, 5.41) is 3.61. The fourth-order valence-electron chi connectivity index (χ4n) is 5.47. The van der Waals surface area contributed by atoms with Crippen molar-refractivity contribution in [2.45, 2.75) is 31.7 Å².